The Balaban J connectivity index is 2.31. The number of nitrogens with two attached hydrogens (primary N) is 1. The quantitative estimate of drug-likeness (QED) is 0.635. The molecule has 0 aromatic heterocycles. The summed E-state index contributed by atoms with van der Waals surface area (Å²) in [4.78, 5) is 24.1. The van der Waals surface area contributed by atoms with Gasteiger partial charge in [-0.1, -0.05) is 13.8 Å². The van der Waals surface area contributed by atoms with Crippen molar-refractivity contribution >= 4 is 11.8 Å². The van der Waals surface area contributed by atoms with Crippen LogP contribution >= 0.6 is 0 Å². The van der Waals surface area contributed by atoms with Crippen LogP contribution in [-0.4, -0.2) is 42.4 Å². The van der Waals surface area contributed by atoms with Crippen LogP contribution in [0, 0.1) is 5.92 Å². The molecule has 0 spiro atoms. The topological polar surface area (TPSA) is 75.4 Å². The molecular formula is C10H19N3O2. The SMILES string of the molecule is CC(C)NCCN1CC(C(N)=O)CC1=O. The van der Waals surface area contributed by atoms with Crippen molar-refractivity contribution in [3.63, 3.8) is 0 Å². The van der Waals surface area contributed by atoms with E-state index in [9.17, 15) is 9.59 Å². The lowest BCUT2D eigenvalue weighted by Gasteiger charge is -2.17. The van der Waals surface area contributed by atoms with Crippen LogP contribution in [-0.2, 0) is 9.59 Å². The van der Waals surface area contributed by atoms with E-state index >= 15 is 0 Å². The first kappa shape index (κ1) is 12.0. The molecule has 5 heteroatoms. The molecule has 2 amide bonds. The second kappa shape index (κ2) is 5.11. The third-order valence-corrected chi connectivity index (χ3v) is 2.55. The molecule has 5 nitrogen and oxygen atoms in total. The summed E-state index contributed by atoms with van der Waals surface area (Å²) in [5.41, 5.74) is 5.17. The highest BCUT2D eigenvalue weighted by Crippen LogP contribution is 2.16. The fourth-order valence-electron chi connectivity index (χ4n) is 1.67. The van der Waals surface area contributed by atoms with Crippen LogP contribution in [0.25, 0.3) is 0 Å². The molecule has 1 aliphatic rings. The van der Waals surface area contributed by atoms with E-state index in [0.29, 0.717) is 19.1 Å². The molecule has 1 atom stereocenters. The smallest absolute Gasteiger partial charge is 0.223 e. The first-order valence-corrected chi connectivity index (χ1v) is 5.31. The molecule has 1 rings (SSSR count). The Morgan fingerprint density at radius 2 is 2.33 bits per heavy atom. The van der Waals surface area contributed by atoms with Gasteiger partial charge in [-0.15, -0.1) is 0 Å². The average molecular weight is 213 g/mol. The van der Waals surface area contributed by atoms with Gasteiger partial charge >= 0.3 is 0 Å². The summed E-state index contributed by atoms with van der Waals surface area (Å²) in [6.07, 6.45) is 0.275. The summed E-state index contributed by atoms with van der Waals surface area (Å²) in [6, 6.07) is 0.412. The Bertz CT molecular complexity index is 253. The molecule has 1 unspecified atom stereocenters. The van der Waals surface area contributed by atoms with Crippen LogP contribution in [0.15, 0.2) is 0 Å². The molecular weight excluding hydrogens is 194 g/mol. The van der Waals surface area contributed by atoms with Gasteiger partial charge in [-0.25, -0.2) is 0 Å². The minimum absolute atomic E-state index is 0.0318. The van der Waals surface area contributed by atoms with Crippen molar-refractivity contribution in [2.45, 2.75) is 26.3 Å². The highest BCUT2D eigenvalue weighted by Gasteiger charge is 2.32. The molecule has 0 saturated carbocycles. The molecule has 3 N–H and O–H groups in total. The van der Waals surface area contributed by atoms with E-state index in [1.165, 1.54) is 0 Å². The third-order valence-electron chi connectivity index (χ3n) is 2.55. The van der Waals surface area contributed by atoms with E-state index < -0.39 is 0 Å². The van der Waals surface area contributed by atoms with Crippen LogP contribution in [0.4, 0.5) is 0 Å². The number of primary amides is 1. The van der Waals surface area contributed by atoms with Gasteiger partial charge in [0.15, 0.2) is 0 Å². The van der Waals surface area contributed by atoms with Gasteiger partial charge in [0.05, 0.1) is 5.92 Å². The van der Waals surface area contributed by atoms with Gasteiger partial charge in [0, 0.05) is 32.1 Å². The van der Waals surface area contributed by atoms with E-state index in [2.05, 4.69) is 19.2 Å². The lowest BCUT2D eigenvalue weighted by molar-refractivity contribution is -0.128. The number of nitrogens with one attached hydrogen (secondary N) is 1. The lowest BCUT2D eigenvalue weighted by atomic mass is 10.1. The molecule has 0 aromatic rings. The zero-order valence-corrected chi connectivity index (χ0v) is 9.32. The molecule has 1 heterocycles. The summed E-state index contributed by atoms with van der Waals surface area (Å²) in [5, 5.41) is 3.23. The second-order valence-corrected chi connectivity index (χ2v) is 4.25. The van der Waals surface area contributed by atoms with E-state index in [0.717, 1.165) is 6.54 Å². The average Bonchev–Trinajstić information content (AvgIpc) is 2.47. The number of rotatable bonds is 5. The fourth-order valence-corrected chi connectivity index (χ4v) is 1.67. The first-order valence-electron chi connectivity index (χ1n) is 5.31. The van der Waals surface area contributed by atoms with Crippen molar-refractivity contribution in [3.05, 3.63) is 0 Å². The third kappa shape index (κ3) is 3.51. The van der Waals surface area contributed by atoms with Crippen LogP contribution in [0.2, 0.25) is 0 Å². The Morgan fingerprint density at radius 3 is 2.80 bits per heavy atom. The van der Waals surface area contributed by atoms with Gasteiger partial charge in [0.1, 0.15) is 0 Å². The van der Waals surface area contributed by atoms with Crippen molar-refractivity contribution in [1.29, 1.82) is 0 Å². The largest absolute Gasteiger partial charge is 0.369 e. The Kier molecular flexibility index (Phi) is 4.08. The highest BCUT2D eigenvalue weighted by atomic mass is 16.2. The van der Waals surface area contributed by atoms with E-state index in [1.807, 2.05) is 0 Å². The number of amides is 2. The Morgan fingerprint density at radius 1 is 1.67 bits per heavy atom. The Hall–Kier alpha value is -1.10. The minimum atomic E-state index is -0.373. The molecule has 1 aliphatic heterocycles. The summed E-state index contributed by atoms with van der Waals surface area (Å²) >= 11 is 0. The molecule has 0 bridgehead atoms. The first-order chi connectivity index (χ1) is 7.00. The number of hydrogen-bond acceptors (Lipinski definition) is 3. The predicted octanol–water partition coefficient (Wildman–Crippen LogP) is -0.682. The number of nitrogens with zero attached hydrogens (tertiary/aromatic N) is 1. The van der Waals surface area contributed by atoms with E-state index in [4.69, 9.17) is 5.73 Å². The van der Waals surface area contributed by atoms with Gasteiger partial charge in [-0.3, -0.25) is 9.59 Å². The zero-order chi connectivity index (χ0) is 11.4. The lowest BCUT2D eigenvalue weighted by Crippen LogP contribution is -2.36. The van der Waals surface area contributed by atoms with Crippen LogP contribution in [0.3, 0.4) is 0 Å². The predicted molar refractivity (Wildman–Crippen MR) is 57.0 cm³/mol. The standard InChI is InChI=1S/C10H19N3O2/c1-7(2)12-3-4-13-6-8(10(11)15)5-9(13)14/h7-8,12H,3-6H2,1-2H3,(H2,11,15). The molecule has 15 heavy (non-hydrogen) atoms. The molecule has 0 aliphatic carbocycles. The van der Waals surface area contributed by atoms with Crippen LogP contribution < -0.4 is 11.1 Å². The highest BCUT2D eigenvalue weighted by molar-refractivity contribution is 5.88. The summed E-state index contributed by atoms with van der Waals surface area (Å²) in [5.74, 6) is -0.636. The van der Waals surface area contributed by atoms with Crippen molar-refractivity contribution in [3.8, 4) is 0 Å². The summed E-state index contributed by atoms with van der Waals surface area (Å²) in [6.45, 7) is 6.00. The van der Waals surface area contributed by atoms with Crippen molar-refractivity contribution in [1.82, 2.24) is 10.2 Å². The number of hydrogen-bond donors (Lipinski definition) is 2. The van der Waals surface area contributed by atoms with Crippen LogP contribution in [0.5, 0.6) is 0 Å². The molecule has 86 valence electrons. The Labute approximate surface area is 90.0 Å². The monoisotopic (exact) mass is 213 g/mol. The summed E-state index contributed by atoms with van der Waals surface area (Å²) < 4.78 is 0. The van der Waals surface area contributed by atoms with Gasteiger partial charge in [0.2, 0.25) is 11.8 Å². The van der Waals surface area contributed by atoms with E-state index in [1.54, 1.807) is 4.90 Å². The maximum absolute atomic E-state index is 11.5. The normalized spacial score (nSPS) is 21.4. The second-order valence-electron chi connectivity index (χ2n) is 4.25. The minimum Gasteiger partial charge on any atom is -0.369 e. The van der Waals surface area contributed by atoms with Crippen LogP contribution in [0.1, 0.15) is 20.3 Å². The van der Waals surface area contributed by atoms with Gasteiger partial charge in [0.25, 0.3) is 0 Å². The molecule has 1 fully saturated rings. The number of carbonyl (C=O) groups is 2. The summed E-state index contributed by atoms with van der Waals surface area (Å²) in [7, 11) is 0. The van der Waals surface area contributed by atoms with Gasteiger partial charge in [-0.2, -0.15) is 0 Å². The van der Waals surface area contributed by atoms with Crippen molar-refractivity contribution < 1.29 is 9.59 Å². The maximum Gasteiger partial charge on any atom is 0.223 e. The maximum atomic E-state index is 11.5. The molecule has 0 radical (unpaired) electrons. The molecule has 0 aromatic carbocycles. The fraction of sp³-hybridized carbons (Fsp3) is 0.800. The zero-order valence-electron chi connectivity index (χ0n) is 9.32. The van der Waals surface area contributed by atoms with Gasteiger partial charge in [-0.05, 0) is 0 Å². The van der Waals surface area contributed by atoms with Crippen molar-refractivity contribution in [2.24, 2.45) is 11.7 Å². The van der Waals surface area contributed by atoms with E-state index in [-0.39, 0.29) is 24.2 Å². The van der Waals surface area contributed by atoms with Gasteiger partial charge < -0.3 is 16.0 Å². The van der Waals surface area contributed by atoms with Crippen molar-refractivity contribution in [2.75, 3.05) is 19.6 Å². The molecule has 1 saturated heterocycles. The number of carbonyl (C=O) groups excluding carboxylic acids is 2. The number of likely N-dealkylation sites (tertiary alicyclic amines) is 1.